The molecule has 0 aromatic heterocycles. The molecule has 0 atom stereocenters. The first-order chi connectivity index (χ1) is 14.0. The Labute approximate surface area is 176 Å². The zero-order valence-corrected chi connectivity index (χ0v) is 18.9. The quantitative estimate of drug-likeness (QED) is 0.387. The molecule has 0 amide bonds. The molecule has 29 heavy (non-hydrogen) atoms. The number of hydrogen-bond donors (Lipinski definition) is 1. The Balaban J connectivity index is 1.71. The molecule has 1 aromatic rings. The van der Waals surface area contributed by atoms with Crippen LogP contribution in [0.5, 0.6) is 5.75 Å². The van der Waals surface area contributed by atoms with Gasteiger partial charge in [-0.1, -0.05) is 39.0 Å². The molecule has 1 saturated heterocycles. The molecule has 6 heteroatoms. The molecule has 0 unspecified atom stereocenters. The number of likely N-dealkylation sites (tertiary alicyclic amines) is 1. The molecule has 1 heterocycles. The van der Waals surface area contributed by atoms with E-state index in [-0.39, 0.29) is 5.41 Å². The normalized spacial score (nSPS) is 16.2. The highest BCUT2D eigenvalue weighted by molar-refractivity contribution is 5.79. The molecule has 0 spiro atoms. The Morgan fingerprint density at radius 3 is 2.52 bits per heavy atom. The Hall–Kier alpha value is -1.79. The summed E-state index contributed by atoms with van der Waals surface area (Å²) in [6.45, 7) is 11.4. The van der Waals surface area contributed by atoms with Crippen LogP contribution in [-0.2, 0) is 14.9 Å². The van der Waals surface area contributed by atoms with E-state index in [9.17, 15) is 0 Å². The van der Waals surface area contributed by atoms with Crippen molar-refractivity contribution in [3.05, 3.63) is 29.8 Å². The zero-order valence-electron chi connectivity index (χ0n) is 18.9. The number of benzene rings is 1. The minimum atomic E-state index is 0.0655. The van der Waals surface area contributed by atoms with E-state index in [1.165, 1.54) is 5.56 Å². The van der Waals surface area contributed by atoms with E-state index in [0.29, 0.717) is 12.7 Å². The third-order valence-corrected chi connectivity index (χ3v) is 5.14. The van der Waals surface area contributed by atoms with E-state index in [0.717, 1.165) is 63.8 Å². The summed E-state index contributed by atoms with van der Waals surface area (Å²) >= 11 is 0. The molecule has 0 radical (unpaired) electrons. The Kier molecular flexibility index (Phi) is 9.74. The largest absolute Gasteiger partial charge is 0.491 e. The van der Waals surface area contributed by atoms with Crippen molar-refractivity contribution < 1.29 is 14.2 Å². The number of ether oxygens (including phenoxy) is 3. The fraction of sp³-hybridized carbons (Fsp3) is 0.696. The number of aliphatic imine (C=N–C) groups is 1. The summed E-state index contributed by atoms with van der Waals surface area (Å²) in [4.78, 5) is 6.75. The lowest BCUT2D eigenvalue weighted by Crippen LogP contribution is -2.47. The lowest BCUT2D eigenvalue weighted by Gasteiger charge is -2.34. The van der Waals surface area contributed by atoms with E-state index in [4.69, 9.17) is 14.2 Å². The standard InChI is InChI=1S/C23H39N3O3/c1-23(2,3)20-9-6-7-10-21(20)29-18-13-25-22(24-4)26-14-11-19(12-15-26)28-17-8-16-27-5/h6-7,9-10,19H,8,11-18H2,1-5H3,(H,24,25). The van der Waals surface area contributed by atoms with E-state index in [1.807, 2.05) is 19.2 Å². The molecule has 164 valence electrons. The predicted molar refractivity (Wildman–Crippen MR) is 119 cm³/mol. The minimum Gasteiger partial charge on any atom is -0.491 e. The average Bonchev–Trinajstić information content (AvgIpc) is 2.71. The number of hydrogen-bond acceptors (Lipinski definition) is 4. The topological polar surface area (TPSA) is 55.3 Å². The maximum Gasteiger partial charge on any atom is 0.193 e. The molecule has 1 N–H and O–H groups in total. The first-order valence-corrected chi connectivity index (χ1v) is 10.7. The monoisotopic (exact) mass is 405 g/mol. The van der Waals surface area contributed by atoms with Crippen LogP contribution in [0.3, 0.4) is 0 Å². The van der Waals surface area contributed by atoms with Gasteiger partial charge in [0.1, 0.15) is 12.4 Å². The van der Waals surface area contributed by atoms with Crippen LogP contribution in [-0.4, -0.2) is 70.6 Å². The lowest BCUT2D eigenvalue weighted by molar-refractivity contribution is 0.00989. The molecule has 0 bridgehead atoms. The number of piperidine rings is 1. The second-order valence-electron chi connectivity index (χ2n) is 8.47. The van der Waals surface area contributed by atoms with Gasteiger partial charge in [0.05, 0.1) is 12.6 Å². The SMILES string of the molecule is CN=C(NCCOc1ccccc1C(C)(C)C)N1CCC(OCCCOC)CC1. The number of para-hydroxylation sites is 1. The van der Waals surface area contributed by atoms with Crippen molar-refractivity contribution in [3.8, 4) is 5.75 Å². The molecule has 0 aliphatic carbocycles. The number of nitrogens with zero attached hydrogens (tertiary/aromatic N) is 2. The molecular weight excluding hydrogens is 366 g/mol. The van der Waals surface area contributed by atoms with Gasteiger partial charge in [-0.3, -0.25) is 4.99 Å². The highest BCUT2D eigenvalue weighted by Gasteiger charge is 2.22. The van der Waals surface area contributed by atoms with Crippen molar-refractivity contribution in [2.75, 3.05) is 53.6 Å². The summed E-state index contributed by atoms with van der Waals surface area (Å²) in [5.74, 6) is 1.90. The molecule has 2 rings (SSSR count). The second-order valence-corrected chi connectivity index (χ2v) is 8.47. The van der Waals surface area contributed by atoms with Crippen molar-refractivity contribution in [3.63, 3.8) is 0 Å². The maximum absolute atomic E-state index is 6.06. The van der Waals surface area contributed by atoms with Crippen LogP contribution >= 0.6 is 0 Å². The summed E-state index contributed by atoms with van der Waals surface area (Å²) < 4.78 is 17.1. The van der Waals surface area contributed by atoms with Gasteiger partial charge < -0.3 is 24.4 Å². The van der Waals surface area contributed by atoms with Crippen molar-refractivity contribution in [1.29, 1.82) is 0 Å². The van der Waals surface area contributed by atoms with Crippen LogP contribution in [0.4, 0.5) is 0 Å². The van der Waals surface area contributed by atoms with Gasteiger partial charge in [0.2, 0.25) is 0 Å². The van der Waals surface area contributed by atoms with Crippen molar-refractivity contribution in [2.45, 2.75) is 51.6 Å². The third kappa shape index (κ3) is 7.86. The summed E-state index contributed by atoms with van der Waals surface area (Å²) in [6, 6.07) is 8.28. The molecule has 1 aliphatic rings. The summed E-state index contributed by atoms with van der Waals surface area (Å²) in [6.07, 6.45) is 3.36. The molecule has 1 fully saturated rings. The van der Waals surface area contributed by atoms with Gasteiger partial charge in [-0.2, -0.15) is 0 Å². The molecule has 0 saturated carbocycles. The molecule has 1 aliphatic heterocycles. The molecular formula is C23H39N3O3. The second kappa shape index (κ2) is 12.0. The van der Waals surface area contributed by atoms with E-state index in [2.05, 4.69) is 48.1 Å². The Bertz CT molecular complexity index is 620. The molecule has 1 aromatic carbocycles. The average molecular weight is 406 g/mol. The third-order valence-electron chi connectivity index (χ3n) is 5.14. The Morgan fingerprint density at radius 2 is 1.86 bits per heavy atom. The highest BCUT2D eigenvalue weighted by Crippen LogP contribution is 2.30. The molecule has 6 nitrogen and oxygen atoms in total. The van der Waals surface area contributed by atoms with Gasteiger partial charge in [-0.05, 0) is 36.3 Å². The van der Waals surface area contributed by atoms with Crippen LogP contribution in [0.25, 0.3) is 0 Å². The van der Waals surface area contributed by atoms with Gasteiger partial charge >= 0.3 is 0 Å². The maximum atomic E-state index is 6.06. The van der Waals surface area contributed by atoms with Gasteiger partial charge in [-0.15, -0.1) is 0 Å². The van der Waals surface area contributed by atoms with Crippen LogP contribution in [0.2, 0.25) is 0 Å². The fourth-order valence-corrected chi connectivity index (χ4v) is 3.56. The van der Waals surface area contributed by atoms with Crippen LogP contribution < -0.4 is 10.1 Å². The first-order valence-electron chi connectivity index (χ1n) is 10.7. The Morgan fingerprint density at radius 1 is 1.14 bits per heavy atom. The highest BCUT2D eigenvalue weighted by atomic mass is 16.5. The van der Waals surface area contributed by atoms with Crippen molar-refractivity contribution in [1.82, 2.24) is 10.2 Å². The van der Waals surface area contributed by atoms with Crippen molar-refractivity contribution >= 4 is 5.96 Å². The number of methoxy groups -OCH3 is 1. The van der Waals surface area contributed by atoms with Gasteiger partial charge in [-0.25, -0.2) is 0 Å². The summed E-state index contributed by atoms with van der Waals surface area (Å²) in [5.41, 5.74) is 1.30. The zero-order chi connectivity index (χ0) is 21.1. The van der Waals surface area contributed by atoms with Crippen LogP contribution in [0.15, 0.2) is 29.3 Å². The fourth-order valence-electron chi connectivity index (χ4n) is 3.56. The van der Waals surface area contributed by atoms with E-state index < -0.39 is 0 Å². The van der Waals surface area contributed by atoms with E-state index in [1.54, 1.807) is 7.11 Å². The van der Waals surface area contributed by atoms with E-state index >= 15 is 0 Å². The van der Waals surface area contributed by atoms with Gasteiger partial charge in [0, 0.05) is 40.5 Å². The first kappa shape index (κ1) is 23.5. The number of guanidine groups is 1. The lowest BCUT2D eigenvalue weighted by atomic mass is 9.86. The summed E-state index contributed by atoms with van der Waals surface area (Å²) in [7, 11) is 3.57. The predicted octanol–water partition coefficient (Wildman–Crippen LogP) is 3.46. The number of nitrogens with one attached hydrogen (secondary N) is 1. The van der Waals surface area contributed by atoms with Crippen LogP contribution in [0.1, 0.15) is 45.6 Å². The van der Waals surface area contributed by atoms with Crippen molar-refractivity contribution in [2.24, 2.45) is 4.99 Å². The van der Waals surface area contributed by atoms with Gasteiger partial charge in [0.25, 0.3) is 0 Å². The minimum absolute atomic E-state index is 0.0655. The summed E-state index contributed by atoms with van der Waals surface area (Å²) in [5, 5.41) is 3.44. The van der Waals surface area contributed by atoms with Crippen LogP contribution in [0, 0.1) is 0 Å². The van der Waals surface area contributed by atoms with Gasteiger partial charge in [0.15, 0.2) is 5.96 Å². The number of rotatable bonds is 9. The smallest absolute Gasteiger partial charge is 0.193 e.